The molecule has 89 valence electrons. The standard InChI is InChI=1S/C16H19O/c1-12(2)13-8-10-15(11-9-13)16(17)14-6-4-3-5-7-14/h3-7,10,13,16H,1,8-9,11H2,2H3. The monoisotopic (exact) mass is 227 g/mol. The zero-order chi connectivity index (χ0) is 12.3. The molecule has 1 heteroatoms. The molecule has 1 aliphatic carbocycles. The summed E-state index contributed by atoms with van der Waals surface area (Å²) in [6.07, 6.45) is 4.43. The van der Waals surface area contributed by atoms with Crippen LogP contribution in [0.4, 0.5) is 0 Å². The van der Waals surface area contributed by atoms with Crippen LogP contribution in [0.1, 0.15) is 37.9 Å². The van der Waals surface area contributed by atoms with Crippen LogP contribution in [0, 0.1) is 5.92 Å². The summed E-state index contributed by atoms with van der Waals surface area (Å²) in [4.78, 5) is 0. The molecule has 17 heavy (non-hydrogen) atoms. The molecule has 0 spiro atoms. The van der Waals surface area contributed by atoms with E-state index in [1.807, 2.05) is 30.3 Å². The van der Waals surface area contributed by atoms with Crippen molar-refractivity contribution in [2.75, 3.05) is 0 Å². The first-order valence-corrected chi connectivity index (χ1v) is 6.23. The molecule has 2 rings (SSSR count). The van der Waals surface area contributed by atoms with Crippen LogP contribution in [-0.2, 0) is 5.11 Å². The van der Waals surface area contributed by atoms with Crippen LogP contribution in [0.15, 0.2) is 54.1 Å². The second-order valence-corrected chi connectivity index (χ2v) is 4.89. The van der Waals surface area contributed by atoms with Crippen molar-refractivity contribution in [1.82, 2.24) is 0 Å². The summed E-state index contributed by atoms with van der Waals surface area (Å²) in [6, 6.07) is 9.65. The molecule has 1 radical (unpaired) electrons. The van der Waals surface area contributed by atoms with Gasteiger partial charge in [-0.05, 0) is 43.2 Å². The van der Waals surface area contributed by atoms with E-state index in [4.69, 9.17) is 0 Å². The van der Waals surface area contributed by atoms with Gasteiger partial charge in [-0.1, -0.05) is 48.6 Å². The molecule has 1 aromatic rings. The highest BCUT2D eigenvalue weighted by atomic mass is 16.3. The molecule has 0 amide bonds. The van der Waals surface area contributed by atoms with E-state index in [1.165, 1.54) is 5.57 Å². The Labute approximate surface area is 103 Å². The first kappa shape index (κ1) is 12.1. The number of allylic oxidation sites excluding steroid dienone is 2. The van der Waals surface area contributed by atoms with Gasteiger partial charge in [0.25, 0.3) is 0 Å². The third-order valence-corrected chi connectivity index (χ3v) is 3.58. The number of hydrogen-bond acceptors (Lipinski definition) is 0. The lowest BCUT2D eigenvalue weighted by Gasteiger charge is -2.24. The molecular weight excluding hydrogens is 208 g/mol. The highest BCUT2D eigenvalue weighted by Crippen LogP contribution is 2.34. The summed E-state index contributed by atoms with van der Waals surface area (Å²) in [5.74, 6) is 0.571. The Kier molecular flexibility index (Phi) is 3.80. The predicted molar refractivity (Wildman–Crippen MR) is 70.1 cm³/mol. The van der Waals surface area contributed by atoms with E-state index < -0.39 is 6.10 Å². The lowest BCUT2D eigenvalue weighted by Crippen LogP contribution is -2.10. The minimum Gasteiger partial charge on any atom is -0.223 e. The Balaban J connectivity index is 2.07. The number of rotatable bonds is 3. The molecule has 1 aromatic carbocycles. The lowest BCUT2D eigenvalue weighted by molar-refractivity contribution is 0.115. The van der Waals surface area contributed by atoms with E-state index in [2.05, 4.69) is 19.6 Å². The second kappa shape index (κ2) is 5.33. The first-order valence-electron chi connectivity index (χ1n) is 6.23. The fraction of sp³-hybridized carbons (Fsp3) is 0.375. The van der Waals surface area contributed by atoms with Gasteiger partial charge in [-0.3, -0.25) is 0 Å². The van der Waals surface area contributed by atoms with Gasteiger partial charge in [0.15, 0.2) is 0 Å². The second-order valence-electron chi connectivity index (χ2n) is 4.89. The van der Waals surface area contributed by atoms with Crippen molar-refractivity contribution in [3.8, 4) is 0 Å². The Hall–Kier alpha value is -1.34. The van der Waals surface area contributed by atoms with Crippen molar-refractivity contribution < 1.29 is 5.11 Å². The average Bonchev–Trinajstić information content (AvgIpc) is 2.39. The minimum absolute atomic E-state index is 0.571. The van der Waals surface area contributed by atoms with E-state index in [1.54, 1.807) is 0 Å². The average molecular weight is 227 g/mol. The molecule has 0 bridgehead atoms. The highest BCUT2D eigenvalue weighted by Gasteiger charge is 2.21. The molecule has 1 nitrogen and oxygen atoms in total. The van der Waals surface area contributed by atoms with E-state index in [0.717, 1.165) is 30.4 Å². The third kappa shape index (κ3) is 2.86. The van der Waals surface area contributed by atoms with Crippen molar-refractivity contribution in [2.24, 2.45) is 5.92 Å². The zero-order valence-corrected chi connectivity index (χ0v) is 10.4. The Bertz CT molecular complexity index is 416. The summed E-state index contributed by atoms with van der Waals surface area (Å²) >= 11 is 0. The van der Waals surface area contributed by atoms with Gasteiger partial charge in [0, 0.05) is 0 Å². The maximum atomic E-state index is 12.3. The fourth-order valence-electron chi connectivity index (χ4n) is 2.38. The Morgan fingerprint density at radius 2 is 2.06 bits per heavy atom. The van der Waals surface area contributed by atoms with Gasteiger partial charge in [0.05, 0.1) is 0 Å². The number of benzene rings is 1. The van der Waals surface area contributed by atoms with Gasteiger partial charge < -0.3 is 0 Å². The van der Waals surface area contributed by atoms with Gasteiger partial charge in [-0.15, -0.1) is 0 Å². The summed E-state index contributed by atoms with van der Waals surface area (Å²) in [5, 5.41) is 12.3. The predicted octanol–water partition coefficient (Wildman–Crippen LogP) is 4.46. The molecule has 0 N–H and O–H groups in total. The molecule has 0 saturated heterocycles. The van der Waals surface area contributed by atoms with Crippen LogP contribution in [0.2, 0.25) is 0 Å². The fourth-order valence-corrected chi connectivity index (χ4v) is 2.38. The Morgan fingerprint density at radius 1 is 1.35 bits per heavy atom. The van der Waals surface area contributed by atoms with Gasteiger partial charge >= 0.3 is 0 Å². The lowest BCUT2D eigenvalue weighted by atomic mass is 9.83. The molecule has 0 fully saturated rings. The summed E-state index contributed by atoms with van der Waals surface area (Å²) in [5.41, 5.74) is 3.17. The number of hydrogen-bond donors (Lipinski definition) is 0. The van der Waals surface area contributed by atoms with Crippen LogP contribution < -0.4 is 0 Å². The zero-order valence-electron chi connectivity index (χ0n) is 10.4. The van der Waals surface area contributed by atoms with E-state index in [9.17, 15) is 5.11 Å². The van der Waals surface area contributed by atoms with Crippen LogP contribution in [0.5, 0.6) is 0 Å². The van der Waals surface area contributed by atoms with Crippen molar-refractivity contribution in [2.45, 2.75) is 32.3 Å². The molecule has 0 aromatic heterocycles. The van der Waals surface area contributed by atoms with Gasteiger partial charge in [-0.2, -0.15) is 0 Å². The topological polar surface area (TPSA) is 19.9 Å². The molecule has 0 saturated carbocycles. The minimum atomic E-state index is -0.678. The quantitative estimate of drug-likeness (QED) is 0.679. The van der Waals surface area contributed by atoms with Gasteiger partial charge in [0.1, 0.15) is 6.10 Å². The van der Waals surface area contributed by atoms with Crippen molar-refractivity contribution in [1.29, 1.82) is 0 Å². The maximum Gasteiger partial charge on any atom is 0.139 e. The molecule has 1 aliphatic rings. The molecular formula is C16H19O. The first-order chi connectivity index (χ1) is 8.18. The van der Waals surface area contributed by atoms with Crippen LogP contribution in [-0.4, -0.2) is 0 Å². The third-order valence-electron chi connectivity index (χ3n) is 3.58. The van der Waals surface area contributed by atoms with E-state index in [-0.39, 0.29) is 0 Å². The normalized spacial score (nSPS) is 21.8. The van der Waals surface area contributed by atoms with Crippen LogP contribution in [0.25, 0.3) is 0 Å². The van der Waals surface area contributed by atoms with Crippen LogP contribution in [0.3, 0.4) is 0 Å². The summed E-state index contributed by atoms with van der Waals surface area (Å²) in [6.45, 7) is 6.08. The van der Waals surface area contributed by atoms with Crippen molar-refractivity contribution in [3.05, 3.63) is 59.7 Å². The molecule has 0 heterocycles. The van der Waals surface area contributed by atoms with Gasteiger partial charge in [0.2, 0.25) is 0 Å². The SMILES string of the molecule is C=C(C)C1CC=C(C([O])c2ccccc2)CC1. The largest absolute Gasteiger partial charge is 0.223 e. The molecule has 0 aliphatic heterocycles. The van der Waals surface area contributed by atoms with E-state index >= 15 is 0 Å². The maximum absolute atomic E-state index is 12.3. The van der Waals surface area contributed by atoms with Gasteiger partial charge in [-0.25, -0.2) is 5.11 Å². The molecule has 2 atom stereocenters. The Morgan fingerprint density at radius 3 is 2.59 bits per heavy atom. The van der Waals surface area contributed by atoms with E-state index in [0.29, 0.717) is 5.92 Å². The highest BCUT2D eigenvalue weighted by molar-refractivity contribution is 5.27. The smallest absolute Gasteiger partial charge is 0.139 e. The summed E-state index contributed by atoms with van der Waals surface area (Å²) < 4.78 is 0. The summed E-state index contributed by atoms with van der Waals surface area (Å²) in [7, 11) is 0. The van der Waals surface area contributed by atoms with Crippen LogP contribution >= 0.6 is 0 Å². The molecule has 2 unspecified atom stereocenters. The van der Waals surface area contributed by atoms with Crippen molar-refractivity contribution >= 4 is 0 Å². The van der Waals surface area contributed by atoms with Crippen molar-refractivity contribution in [3.63, 3.8) is 0 Å².